The number of ketones is 1. The van der Waals surface area contributed by atoms with E-state index in [1.807, 2.05) is 13.8 Å². The predicted molar refractivity (Wildman–Crippen MR) is 82.9 cm³/mol. The van der Waals surface area contributed by atoms with Gasteiger partial charge in [0.15, 0.2) is 5.78 Å². The van der Waals surface area contributed by atoms with Gasteiger partial charge in [0.25, 0.3) is 0 Å². The van der Waals surface area contributed by atoms with E-state index in [1.54, 1.807) is 12.1 Å². The van der Waals surface area contributed by atoms with Gasteiger partial charge in [-0.25, -0.2) is 0 Å². The summed E-state index contributed by atoms with van der Waals surface area (Å²) in [7, 11) is 0. The fourth-order valence-corrected chi connectivity index (χ4v) is 2.12. The van der Waals surface area contributed by atoms with Gasteiger partial charge in [-0.2, -0.15) is 8.78 Å². The van der Waals surface area contributed by atoms with Gasteiger partial charge >= 0.3 is 6.61 Å². The summed E-state index contributed by atoms with van der Waals surface area (Å²) in [6.07, 6.45) is 1.92. The zero-order chi connectivity index (χ0) is 16.8. The molecule has 2 rings (SSSR count). The van der Waals surface area contributed by atoms with Gasteiger partial charge in [-0.3, -0.25) is 4.79 Å². The van der Waals surface area contributed by atoms with Crippen LogP contribution < -0.4 is 10.1 Å². The van der Waals surface area contributed by atoms with E-state index in [1.165, 1.54) is 24.5 Å². The van der Waals surface area contributed by atoms with Gasteiger partial charge in [-0.1, -0.05) is 13.8 Å². The number of furan rings is 1. The lowest BCUT2D eigenvalue weighted by Crippen LogP contribution is -2.09. The minimum atomic E-state index is -2.93. The summed E-state index contributed by atoms with van der Waals surface area (Å²) in [6, 6.07) is 7.90. The Morgan fingerprint density at radius 2 is 2.09 bits per heavy atom. The first-order chi connectivity index (χ1) is 11.0. The number of halogens is 2. The van der Waals surface area contributed by atoms with Crippen LogP contribution >= 0.6 is 0 Å². The number of hydrogen-bond donors (Lipinski definition) is 1. The summed E-state index contributed by atoms with van der Waals surface area (Å²) < 4.78 is 34.7. The summed E-state index contributed by atoms with van der Waals surface area (Å²) in [4.78, 5) is 12.1. The number of carbonyl (C=O) groups excluding carboxylic acids is 1. The highest BCUT2D eigenvalue weighted by atomic mass is 19.3. The van der Waals surface area contributed by atoms with Crippen LogP contribution in [0.5, 0.6) is 5.75 Å². The molecule has 0 bridgehead atoms. The first-order valence-corrected chi connectivity index (χ1v) is 7.34. The standard InChI is InChI=1S/C17H19F2NO3/c1-11(2)8-15(21)12-5-6-16(23-17(18)19)14(9-12)20-10-13-4-3-7-22-13/h3-7,9,11,17,20H,8,10H2,1-2H3. The number of rotatable bonds is 8. The fourth-order valence-electron chi connectivity index (χ4n) is 2.12. The van der Waals surface area contributed by atoms with Gasteiger partial charge in [0, 0.05) is 12.0 Å². The van der Waals surface area contributed by atoms with Gasteiger partial charge in [-0.15, -0.1) is 0 Å². The van der Waals surface area contributed by atoms with Crippen molar-refractivity contribution >= 4 is 11.5 Å². The monoisotopic (exact) mass is 323 g/mol. The molecule has 23 heavy (non-hydrogen) atoms. The lowest BCUT2D eigenvalue weighted by molar-refractivity contribution is -0.0493. The van der Waals surface area contributed by atoms with Crippen LogP contribution in [0.4, 0.5) is 14.5 Å². The Hall–Kier alpha value is -2.37. The van der Waals surface area contributed by atoms with Crippen LogP contribution in [0, 0.1) is 5.92 Å². The van der Waals surface area contributed by atoms with Crippen molar-refractivity contribution in [3.05, 3.63) is 47.9 Å². The van der Waals surface area contributed by atoms with Gasteiger partial charge in [0.1, 0.15) is 11.5 Å². The Kier molecular flexibility index (Phi) is 5.73. The highest BCUT2D eigenvalue weighted by Crippen LogP contribution is 2.29. The summed E-state index contributed by atoms with van der Waals surface area (Å²) in [5.74, 6) is 0.822. The molecule has 0 amide bonds. The molecule has 0 aliphatic rings. The maximum atomic E-state index is 12.5. The minimum Gasteiger partial charge on any atom is -0.467 e. The molecule has 0 saturated heterocycles. The molecule has 0 unspecified atom stereocenters. The average Bonchev–Trinajstić information content (AvgIpc) is 2.98. The van der Waals surface area contributed by atoms with Crippen molar-refractivity contribution in [2.24, 2.45) is 5.92 Å². The molecule has 6 heteroatoms. The topological polar surface area (TPSA) is 51.5 Å². The predicted octanol–water partition coefficient (Wildman–Crippen LogP) is 4.72. The van der Waals surface area contributed by atoms with E-state index in [0.29, 0.717) is 30.0 Å². The molecule has 0 spiro atoms. The third-order valence-corrected chi connectivity index (χ3v) is 3.14. The Balaban J connectivity index is 2.20. The van der Waals surface area contributed by atoms with Crippen LogP contribution in [-0.4, -0.2) is 12.4 Å². The molecule has 1 N–H and O–H groups in total. The molecular weight excluding hydrogens is 304 g/mol. The van der Waals surface area contributed by atoms with E-state index in [2.05, 4.69) is 10.1 Å². The average molecular weight is 323 g/mol. The van der Waals surface area contributed by atoms with Gasteiger partial charge in [0.2, 0.25) is 0 Å². The third-order valence-electron chi connectivity index (χ3n) is 3.14. The van der Waals surface area contributed by atoms with Crippen molar-refractivity contribution < 1.29 is 22.7 Å². The molecule has 0 saturated carbocycles. The van der Waals surface area contributed by atoms with Crippen molar-refractivity contribution in [2.45, 2.75) is 33.4 Å². The van der Waals surface area contributed by atoms with E-state index in [-0.39, 0.29) is 17.5 Å². The largest absolute Gasteiger partial charge is 0.467 e. The lowest BCUT2D eigenvalue weighted by Gasteiger charge is -2.14. The van der Waals surface area contributed by atoms with Crippen LogP contribution in [-0.2, 0) is 6.54 Å². The van der Waals surface area contributed by atoms with Crippen molar-refractivity contribution in [1.29, 1.82) is 0 Å². The van der Waals surface area contributed by atoms with Crippen molar-refractivity contribution in [3.63, 3.8) is 0 Å². The Morgan fingerprint density at radius 1 is 1.30 bits per heavy atom. The number of nitrogens with one attached hydrogen (secondary N) is 1. The van der Waals surface area contributed by atoms with Crippen LogP contribution in [0.1, 0.15) is 36.4 Å². The number of benzene rings is 1. The van der Waals surface area contributed by atoms with E-state index in [4.69, 9.17) is 4.42 Å². The van der Waals surface area contributed by atoms with Crippen molar-refractivity contribution in [1.82, 2.24) is 0 Å². The molecule has 1 aromatic carbocycles. The van der Waals surface area contributed by atoms with Crippen LogP contribution in [0.15, 0.2) is 41.0 Å². The number of ether oxygens (including phenoxy) is 1. The highest BCUT2D eigenvalue weighted by Gasteiger charge is 2.14. The number of anilines is 1. The van der Waals surface area contributed by atoms with Crippen LogP contribution in [0.3, 0.4) is 0 Å². The second-order valence-corrected chi connectivity index (χ2v) is 5.54. The highest BCUT2D eigenvalue weighted by molar-refractivity contribution is 5.97. The maximum absolute atomic E-state index is 12.5. The van der Waals surface area contributed by atoms with Crippen molar-refractivity contribution in [3.8, 4) is 5.75 Å². The van der Waals surface area contributed by atoms with Crippen LogP contribution in [0.2, 0.25) is 0 Å². The molecule has 2 aromatic rings. The molecule has 0 fully saturated rings. The fraction of sp³-hybridized carbons (Fsp3) is 0.353. The maximum Gasteiger partial charge on any atom is 0.387 e. The molecule has 0 radical (unpaired) electrons. The first-order valence-electron chi connectivity index (χ1n) is 7.34. The van der Waals surface area contributed by atoms with Crippen LogP contribution in [0.25, 0.3) is 0 Å². The van der Waals surface area contributed by atoms with Gasteiger partial charge < -0.3 is 14.5 Å². The quantitative estimate of drug-likeness (QED) is 0.714. The molecule has 1 aromatic heterocycles. The second-order valence-electron chi connectivity index (χ2n) is 5.54. The molecule has 0 aliphatic heterocycles. The Bertz CT molecular complexity index is 639. The Labute approximate surface area is 133 Å². The molecular formula is C17H19F2NO3. The molecule has 0 aliphatic carbocycles. The van der Waals surface area contributed by atoms with E-state index >= 15 is 0 Å². The normalized spacial score (nSPS) is 11.0. The third kappa shape index (κ3) is 5.09. The number of hydrogen-bond acceptors (Lipinski definition) is 4. The van der Waals surface area contributed by atoms with E-state index < -0.39 is 6.61 Å². The number of carbonyl (C=O) groups is 1. The summed E-state index contributed by atoms with van der Waals surface area (Å²) in [5, 5.41) is 2.97. The molecule has 124 valence electrons. The first kappa shape index (κ1) is 17.0. The second kappa shape index (κ2) is 7.76. The minimum absolute atomic E-state index is 0.00680. The summed E-state index contributed by atoms with van der Waals surface area (Å²) in [5.41, 5.74) is 0.790. The summed E-state index contributed by atoms with van der Waals surface area (Å²) >= 11 is 0. The van der Waals surface area contributed by atoms with Crippen molar-refractivity contribution in [2.75, 3.05) is 5.32 Å². The molecule has 1 heterocycles. The molecule has 0 atom stereocenters. The smallest absolute Gasteiger partial charge is 0.387 e. The zero-order valence-electron chi connectivity index (χ0n) is 13.0. The number of alkyl halides is 2. The lowest BCUT2D eigenvalue weighted by atomic mass is 10.0. The summed E-state index contributed by atoms with van der Waals surface area (Å²) in [6.45, 7) is 1.26. The van der Waals surface area contributed by atoms with E-state index in [9.17, 15) is 13.6 Å². The van der Waals surface area contributed by atoms with Gasteiger partial charge in [-0.05, 0) is 36.2 Å². The Morgan fingerprint density at radius 3 is 2.70 bits per heavy atom. The SMILES string of the molecule is CC(C)CC(=O)c1ccc(OC(F)F)c(NCc2ccco2)c1. The van der Waals surface area contributed by atoms with E-state index in [0.717, 1.165) is 0 Å². The number of Topliss-reactive ketones (excluding diaryl/α,β-unsaturated/α-hetero) is 1. The zero-order valence-corrected chi connectivity index (χ0v) is 13.0. The van der Waals surface area contributed by atoms with Gasteiger partial charge in [0.05, 0.1) is 18.5 Å². The molecule has 4 nitrogen and oxygen atoms in total.